The highest BCUT2D eigenvalue weighted by atomic mass is 16.7. The lowest BCUT2D eigenvalue weighted by molar-refractivity contribution is -0.146. The Morgan fingerprint density at radius 3 is 2.52 bits per heavy atom. The molecule has 1 saturated heterocycles. The number of aliphatic hydroxyl groups excluding tert-OH is 1. The molecule has 2 unspecified atom stereocenters. The molecule has 1 heterocycles. The van der Waals surface area contributed by atoms with Crippen molar-refractivity contribution in [3.05, 3.63) is 12.2 Å². The van der Waals surface area contributed by atoms with Crippen molar-refractivity contribution in [3.8, 4) is 23.7 Å². The third-order valence-electron chi connectivity index (χ3n) is 3.71. The van der Waals surface area contributed by atoms with Crippen molar-refractivity contribution in [2.24, 2.45) is 0 Å². The molecule has 0 radical (unpaired) electrons. The first-order valence-electron chi connectivity index (χ1n) is 8.69. The van der Waals surface area contributed by atoms with Gasteiger partial charge in [0.05, 0.1) is 18.8 Å². The number of unbranched alkanes of at least 4 members (excludes halogenated alkanes) is 4. The van der Waals surface area contributed by atoms with Crippen LogP contribution in [0.25, 0.3) is 0 Å². The minimum atomic E-state index is -0.518. The van der Waals surface area contributed by atoms with Crippen LogP contribution in [0.15, 0.2) is 12.2 Å². The lowest BCUT2D eigenvalue weighted by Gasteiger charge is -2.16. The normalized spacial score (nSPS) is 22.4. The Hall–Kier alpha value is -1.26. The van der Waals surface area contributed by atoms with Crippen molar-refractivity contribution < 1.29 is 14.6 Å². The van der Waals surface area contributed by atoms with E-state index in [4.69, 9.17) is 14.6 Å². The summed E-state index contributed by atoms with van der Waals surface area (Å²) < 4.78 is 12.0. The molecule has 3 nitrogen and oxygen atoms in total. The summed E-state index contributed by atoms with van der Waals surface area (Å²) in [6, 6.07) is 0. The van der Waals surface area contributed by atoms with E-state index >= 15 is 0 Å². The summed E-state index contributed by atoms with van der Waals surface area (Å²) in [5, 5.41) is 8.59. The molecule has 0 aliphatic carbocycles. The Bertz CT molecular complexity index is 471. The molecular formula is C20H30O3. The number of allylic oxidation sites excluding steroid dienone is 1. The van der Waals surface area contributed by atoms with Gasteiger partial charge in [0, 0.05) is 6.42 Å². The van der Waals surface area contributed by atoms with Crippen LogP contribution in [0.2, 0.25) is 0 Å². The molecule has 1 aliphatic rings. The molecule has 23 heavy (non-hydrogen) atoms. The zero-order valence-corrected chi connectivity index (χ0v) is 14.7. The second-order valence-electron chi connectivity index (χ2n) is 6.28. The molecule has 0 aromatic heterocycles. The second kappa shape index (κ2) is 11.3. The van der Waals surface area contributed by atoms with Gasteiger partial charge in [0.2, 0.25) is 0 Å². The zero-order valence-electron chi connectivity index (χ0n) is 14.7. The van der Waals surface area contributed by atoms with Gasteiger partial charge in [-0.2, -0.15) is 0 Å². The highest BCUT2D eigenvalue weighted by Gasteiger charge is 2.40. The minimum Gasteiger partial charge on any atom is -0.392 e. The van der Waals surface area contributed by atoms with Gasteiger partial charge in [-0.3, -0.25) is 0 Å². The molecule has 1 N–H and O–H groups in total. The van der Waals surface area contributed by atoms with Gasteiger partial charge in [0.25, 0.3) is 0 Å². The van der Waals surface area contributed by atoms with E-state index in [1.54, 1.807) is 12.2 Å². The van der Waals surface area contributed by atoms with E-state index in [2.05, 4.69) is 30.6 Å². The average Bonchev–Trinajstić information content (AvgIpc) is 2.80. The SMILES string of the molecule is CCCCCCCC1OC(C)(C)OC1CC#CC#CC=CCO. The standard InChI is InChI=1S/C20H30O3/c1-4-5-6-9-12-15-18-19(23-20(2,3)22-18)16-13-10-7-8-11-14-17-21/h11,14,18-19,21H,4-6,9,12,15-17H2,1-3H3. The lowest BCUT2D eigenvalue weighted by Crippen LogP contribution is -2.21. The Balaban J connectivity index is 2.41. The first-order valence-corrected chi connectivity index (χ1v) is 8.69. The summed E-state index contributed by atoms with van der Waals surface area (Å²) in [5.41, 5.74) is 0. The van der Waals surface area contributed by atoms with Gasteiger partial charge in [0.1, 0.15) is 0 Å². The van der Waals surface area contributed by atoms with Crippen molar-refractivity contribution in [1.82, 2.24) is 0 Å². The number of aliphatic hydroxyl groups is 1. The summed E-state index contributed by atoms with van der Waals surface area (Å²) in [4.78, 5) is 0. The predicted molar refractivity (Wildman–Crippen MR) is 93.6 cm³/mol. The van der Waals surface area contributed by atoms with Crippen molar-refractivity contribution in [3.63, 3.8) is 0 Å². The molecule has 0 amide bonds. The Morgan fingerprint density at radius 1 is 1.04 bits per heavy atom. The first kappa shape index (κ1) is 19.8. The van der Waals surface area contributed by atoms with Crippen molar-refractivity contribution in [2.45, 2.75) is 83.7 Å². The Morgan fingerprint density at radius 2 is 1.78 bits per heavy atom. The molecule has 2 atom stereocenters. The third-order valence-corrected chi connectivity index (χ3v) is 3.71. The fraction of sp³-hybridized carbons (Fsp3) is 0.700. The van der Waals surface area contributed by atoms with Crippen LogP contribution in [0.4, 0.5) is 0 Å². The maximum Gasteiger partial charge on any atom is 0.163 e. The Kier molecular flexibility index (Phi) is 9.72. The fourth-order valence-electron chi connectivity index (χ4n) is 2.66. The van der Waals surface area contributed by atoms with Gasteiger partial charge in [-0.15, -0.1) is 0 Å². The number of ether oxygens (including phenoxy) is 2. The largest absolute Gasteiger partial charge is 0.392 e. The van der Waals surface area contributed by atoms with E-state index in [-0.39, 0.29) is 18.8 Å². The summed E-state index contributed by atoms with van der Waals surface area (Å²) in [7, 11) is 0. The van der Waals surface area contributed by atoms with E-state index in [0.29, 0.717) is 6.42 Å². The minimum absolute atomic E-state index is 0.00435. The molecule has 1 fully saturated rings. The number of hydrogen-bond donors (Lipinski definition) is 1. The summed E-state index contributed by atoms with van der Waals surface area (Å²) in [6.07, 6.45) is 11.3. The highest BCUT2D eigenvalue weighted by molar-refractivity contribution is 5.30. The van der Waals surface area contributed by atoms with Crippen LogP contribution in [0.1, 0.15) is 65.7 Å². The quantitative estimate of drug-likeness (QED) is 0.546. The van der Waals surface area contributed by atoms with Gasteiger partial charge in [-0.05, 0) is 38.2 Å². The summed E-state index contributed by atoms with van der Waals surface area (Å²) >= 11 is 0. The van der Waals surface area contributed by atoms with Crippen molar-refractivity contribution in [1.29, 1.82) is 0 Å². The number of hydrogen-bond acceptors (Lipinski definition) is 3. The van der Waals surface area contributed by atoms with Crippen LogP contribution < -0.4 is 0 Å². The maximum absolute atomic E-state index is 8.59. The molecule has 0 saturated carbocycles. The molecule has 0 aromatic carbocycles. The predicted octanol–water partition coefficient (Wildman–Crippen LogP) is 3.81. The van der Waals surface area contributed by atoms with E-state index in [9.17, 15) is 0 Å². The van der Waals surface area contributed by atoms with Crippen LogP contribution in [0.3, 0.4) is 0 Å². The van der Waals surface area contributed by atoms with Crippen LogP contribution in [0.5, 0.6) is 0 Å². The molecule has 128 valence electrons. The molecule has 1 rings (SSSR count). The molecule has 0 bridgehead atoms. The average molecular weight is 318 g/mol. The topological polar surface area (TPSA) is 38.7 Å². The third kappa shape index (κ3) is 8.82. The van der Waals surface area contributed by atoms with Gasteiger partial charge >= 0.3 is 0 Å². The smallest absolute Gasteiger partial charge is 0.163 e. The molecule has 3 heteroatoms. The van der Waals surface area contributed by atoms with Gasteiger partial charge < -0.3 is 14.6 Å². The van der Waals surface area contributed by atoms with Crippen molar-refractivity contribution >= 4 is 0 Å². The first-order chi connectivity index (χ1) is 11.1. The zero-order chi connectivity index (χ0) is 17.0. The van der Waals surface area contributed by atoms with Gasteiger partial charge in [-0.25, -0.2) is 0 Å². The lowest BCUT2D eigenvalue weighted by atomic mass is 10.0. The summed E-state index contributed by atoms with van der Waals surface area (Å²) in [6.45, 7) is 6.16. The molecular weight excluding hydrogens is 288 g/mol. The van der Waals surface area contributed by atoms with Gasteiger partial charge in [-0.1, -0.05) is 56.9 Å². The van der Waals surface area contributed by atoms with Crippen molar-refractivity contribution in [2.75, 3.05) is 6.61 Å². The van der Waals surface area contributed by atoms with E-state index in [1.165, 1.54) is 32.1 Å². The molecule has 0 spiro atoms. The fourth-order valence-corrected chi connectivity index (χ4v) is 2.66. The molecule has 0 aromatic rings. The van der Waals surface area contributed by atoms with Crippen LogP contribution in [-0.4, -0.2) is 29.7 Å². The second-order valence-corrected chi connectivity index (χ2v) is 6.28. The van der Waals surface area contributed by atoms with Crippen LogP contribution in [-0.2, 0) is 9.47 Å². The summed E-state index contributed by atoms with van der Waals surface area (Å²) in [5.74, 6) is 10.9. The highest BCUT2D eigenvalue weighted by Crippen LogP contribution is 2.32. The van der Waals surface area contributed by atoms with Gasteiger partial charge in [0.15, 0.2) is 5.79 Å². The maximum atomic E-state index is 8.59. The molecule has 1 aliphatic heterocycles. The monoisotopic (exact) mass is 318 g/mol. The Labute approximate surface area is 141 Å². The number of rotatable bonds is 8. The van der Waals surface area contributed by atoms with E-state index < -0.39 is 5.79 Å². The van der Waals surface area contributed by atoms with Crippen LogP contribution >= 0.6 is 0 Å². The van der Waals surface area contributed by atoms with E-state index in [0.717, 1.165) is 6.42 Å². The van der Waals surface area contributed by atoms with E-state index in [1.807, 2.05) is 13.8 Å². The van der Waals surface area contributed by atoms with Crippen LogP contribution in [0, 0.1) is 23.7 Å².